The maximum atomic E-state index is 13.4. The minimum Gasteiger partial charge on any atom is -0.347 e. The van der Waals surface area contributed by atoms with Crippen molar-refractivity contribution in [3.63, 3.8) is 0 Å². The molecule has 2 aromatic heterocycles. The second-order valence-corrected chi connectivity index (χ2v) is 8.26. The number of aromatic nitrogens is 4. The van der Waals surface area contributed by atoms with Crippen molar-refractivity contribution in [1.82, 2.24) is 29.0 Å². The Morgan fingerprint density at radius 3 is 2.60 bits per heavy atom. The van der Waals surface area contributed by atoms with E-state index in [1.165, 1.54) is 0 Å². The number of H-pyrrole nitrogens is 1. The van der Waals surface area contributed by atoms with E-state index < -0.39 is 10.0 Å². The van der Waals surface area contributed by atoms with E-state index in [2.05, 4.69) is 20.0 Å². The third kappa shape index (κ3) is 3.11. The zero-order valence-electron chi connectivity index (χ0n) is 15.2. The van der Waals surface area contributed by atoms with Crippen LogP contribution in [0.1, 0.15) is 37.1 Å². The summed E-state index contributed by atoms with van der Waals surface area (Å²) in [4.78, 5) is 9.95. The third-order valence-electron chi connectivity index (χ3n) is 4.90. The Kier molecular flexibility index (Phi) is 4.99. The number of imidazole rings is 1. The lowest BCUT2D eigenvalue weighted by molar-refractivity contribution is 0.142. The molecule has 0 bridgehead atoms. The molecular weight excluding hydrogens is 340 g/mol. The summed E-state index contributed by atoms with van der Waals surface area (Å²) in [7, 11) is 0.216. The van der Waals surface area contributed by atoms with E-state index in [9.17, 15) is 8.42 Å². The van der Waals surface area contributed by atoms with E-state index in [0.29, 0.717) is 43.1 Å². The Morgan fingerprint density at radius 1 is 1.24 bits per heavy atom. The van der Waals surface area contributed by atoms with Crippen molar-refractivity contribution in [3.8, 4) is 0 Å². The first kappa shape index (κ1) is 18.1. The van der Waals surface area contributed by atoms with Crippen LogP contribution in [0.3, 0.4) is 0 Å². The first-order valence-electron chi connectivity index (χ1n) is 8.64. The van der Waals surface area contributed by atoms with Gasteiger partial charge in [0.15, 0.2) is 0 Å². The predicted octanol–water partition coefficient (Wildman–Crippen LogP) is 0.945. The zero-order chi connectivity index (χ0) is 18.2. The van der Waals surface area contributed by atoms with Gasteiger partial charge in [-0.2, -0.15) is 9.40 Å². The monoisotopic (exact) mass is 366 g/mol. The molecule has 1 aliphatic rings. The molecule has 1 aliphatic heterocycles. The standard InChI is InChI=1S/C16H26N6O2S/c1-5-12-15(13(6-2)21(4)19-12)25(23,24)22-10-9-20(3)14(11-22)16-17-7-8-18-16/h7-8,14H,5-6,9-11H2,1-4H3,(H,17,18)/t14-/m0/s1. The van der Waals surface area contributed by atoms with Gasteiger partial charge in [-0.3, -0.25) is 9.58 Å². The van der Waals surface area contributed by atoms with Gasteiger partial charge in [-0.15, -0.1) is 0 Å². The number of hydrogen-bond donors (Lipinski definition) is 1. The highest BCUT2D eigenvalue weighted by molar-refractivity contribution is 7.89. The van der Waals surface area contributed by atoms with Gasteiger partial charge in [-0.05, 0) is 19.9 Å². The van der Waals surface area contributed by atoms with Crippen LogP contribution in [-0.4, -0.2) is 64.1 Å². The number of hydrogen-bond acceptors (Lipinski definition) is 5. The number of sulfonamides is 1. The maximum absolute atomic E-state index is 13.4. The average molecular weight is 366 g/mol. The first-order valence-corrected chi connectivity index (χ1v) is 10.1. The van der Waals surface area contributed by atoms with Crippen molar-refractivity contribution in [3.05, 3.63) is 29.6 Å². The highest BCUT2D eigenvalue weighted by Gasteiger charge is 2.37. The Morgan fingerprint density at radius 2 is 2.00 bits per heavy atom. The molecule has 3 heterocycles. The summed E-state index contributed by atoms with van der Waals surface area (Å²) in [6.07, 6.45) is 4.69. The van der Waals surface area contributed by atoms with Crippen LogP contribution in [0, 0.1) is 0 Å². The van der Waals surface area contributed by atoms with E-state index in [4.69, 9.17) is 0 Å². The molecule has 9 heteroatoms. The summed E-state index contributed by atoms with van der Waals surface area (Å²) < 4.78 is 30.1. The Labute approximate surface area is 148 Å². The molecule has 3 rings (SSSR count). The van der Waals surface area contributed by atoms with Crippen LogP contribution in [-0.2, 0) is 29.9 Å². The lowest BCUT2D eigenvalue weighted by atomic mass is 10.2. The van der Waals surface area contributed by atoms with Crippen molar-refractivity contribution in [2.45, 2.75) is 37.6 Å². The summed E-state index contributed by atoms with van der Waals surface area (Å²) in [5.41, 5.74) is 1.41. The molecule has 0 saturated carbocycles. The fraction of sp³-hybridized carbons (Fsp3) is 0.625. The Bertz CT molecular complexity index is 827. The molecule has 1 atom stereocenters. The normalized spacial score (nSPS) is 20.2. The molecule has 0 amide bonds. The molecule has 1 saturated heterocycles. The smallest absolute Gasteiger partial charge is 0.246 e. The molecule has 1 N–H and O–H groups in total. The molecule has 0 radical (unpaired) electrons. The van der Waals surface area contributed by atoms with E-state index in [1.807, 2.05) is 27.9 Å². The minimum absolute atomic E-state index is 0.0784. The van der Waals surface area contributed by atoms with Gasteiger partial charge in [0.05, 0.1) is 17.4 Å². The van der Waals surface area contributed by atoms with Crippen LogP contribution < -0.4 is 0 Å². The summed E-state index contributed by atoms with van der Waals surface area (Å²) in [5.74, 6) is 0.792. The number of piperazine rings is 1. The van der Waals surface area contributed by atoms with Crippen LogP contribution in [0.15, 0.2) is 17.3 Å². The number of likely N-dealkylation sites (N-methyl/N-ethyl adjacent to an activating group) is 1. The number of nitrogens with one attached hydrogen (secondary N) is 1. The quantitative estimate of drug-likeness (QED) is 0.851. The van der Waals surface area contributed by atoms with Gasteiger partial charge in [0.25, 0.3) is 0 Å². The molecular formula is C16H26N6O2S. The van der Waals surface area contributed by atoms with Crippen molar-refractivity contribution < 1.29 is 8.42 Å². The van der Waals surface area contributed by atoms with Gasteiger partial charge < -0.3 is 4.98 Å². The van der Waals surface area contributed by atoms with Crippen LogP contribution in [0.4, 0.5) is 0 Å². The van der Waals surface area contributed by atoms with E-state index in [1.54, 1.807) is 21.4 Å². The molecule has 0 spiro atoms. The fourth-order valence-corrected chi connectivity index (χ4v) is 5.44. The number of rotatable bonds is 5. The highest BCUT2D eigenvalue weighted by Crippen LogP contribution is 2.29. The van der Waals surface area contributed by atoms with Crippen molar-refractivity contribution in [1.29, 1.82) is 0 Å². The lowest BCUT2D eigenvalue weighted by Crippen LogP contribution is -2.49. The average Bonchev–Trinajstić information content (AvgIpc) is 3.22. The number of nitrogens with zero attached hydrogens (tertiary/aromatic N) is 5. The highest BCUT2D eigenvalue weighted by atomic mass is 32.2. The van der Waals surface area contributed by atoms with Crippen LogP contribution in [0.2, 0.25) is 0 Å². The van der Waals surface area contributed by atoms with Gasteiger partial charge in [-0.1, -0.05) is 13.8 Å². The molecule has 25 heavy (non-hydrogen) atoms. The second-order valence-electron chi connectivity index (χ2n) is 6.39. The molecule has 0 aromatic carbocycles. The lowest BCUT2D eigenvalue weighted by Gasteiger charge is -2.37. The second kappa shape index (κ2) is 6.89. The Hall–Kier alpha value is -1.71. The first-order chi connectivity index (χ1) is 11.9. The molecule has 0 unspecified atom stereocenters. The van der Waals surface area contributed by atoms with Crippen molar-refractivity contribution in [2.75, 3.05) is 26.7 Å². The molecule has 1 fully saturated rings. The number of aromatic amines is 1. The molecule has 0 aliphatic carbocycles. The molecule has 2 aromatic rings. The molecule has 138 valence electrons. The summed E-state index contributed by atoms with van der Waals surface area (Å²) in [6.45, 7) is 5.42. The van der Waals surface area contributed by atoms with Gasteiger partial charge in [0.2, 0.25) is 10.0 Å². The largest absolute Gasteiger partial charge is 0.347 e. The maximum Gasteiger partial charge on any atom is 0.246 e. The van der Waals surface area contributed by atoms with Crippen molar-refractivity contribution in [2.24, 2.45) is 7.05 Å². The summed E-state index contributed by atoms with van der Waals surface area (Å²) in [5, 5.41) is 4.43. The topological polar surface area (TPSA) is 87.1 Å². The van der Waals surface area contributed by atoms with Gasteiger partial charge in [0.1, 0.15) is 10.7 Å². The van der Waals surface area contributed by atoms with Gasteiger partial charge in [0, 0.05) is 39.1 Å². The van der Waals surface area contributed by atoms with Crippen LogP contribution >= 0.6 is 0 Å². The zero-order valence-corrected chi connectivity index (χ0v) is 16.0. The van der Waals surface area contributed by atoms with E-state index >= 15 is 0 Å². The fourth-order valence-electron chi connectivity index (χ4n) is 3.47. The van der Waals surface area contributed by atoms with E-state index in [0.717, 1.165) is 11.5 Å². The number of aryl methyl sites for hydroxylation is 2. The van der Waals surface area contributed by atoms with Crippen LogP contribution in [0.5, 0.6) is 0 Å². The summed E-state index contributed by atoms with van der Waals surface area (Å²) in [6, 6.07) is -0.0784. The van der Waals surface area contributed by atoms with Crippen LogP contribution in [0.25, 0.3) is 0 Å². The van der Waals surface area contributed by atoms with Crippen molar-refractivity contribution >= 4 is 10.0 Å². The predicted molar refractivity (Wildman–Crippen MR) is 94.7 cm³/mol. The van der Waals surface area contributed by atoms with E-state index in [-0.39, 0.29) is 6.04 Å². The summed E-state index contributed by atoms with van der Waals surface area (Å²) >= 11 is 0. The molecule has 8 nitrogen and oxygen atoms in total. The Balaban J connectivity index is 1.98. The SMILES string of the molecule is CCc1nn(C)c(CC)c1S(=O)(=O)N1CCN(C)[C@H](c2ncc[nH]2)C1. The third-order valence-corrected chi connectivity index (χ3v) is 6.90. The van der Waals surface area contributed by atoms with Gasteiger partial charge in [-0.25, -0.2) is 13.4 Å². The minimum atomic E-state index is -3.59. The van der Waals surface area contributed by atoms with Gasteiger partial charge >= 0.3 is 0 Å².